The van der Waals surface area contributed by atoms with Crippen molar-refractivity contribution >= 4 is 29.2 Å². The molecule has 0 atom stereocenters. The Balaban J connectivity index is 1.57. The molecule has 0 bridgehead atoms. The van der Waals surface area contributed by atoms with Crippen LogP contribution in [-0.2, 0) is 19.4 Å². The van der Waals surface area contributed by atoms with Gasteiger partial charge in [0.05, 0.1) is 18.0 Å². The van der Waals surface area contributed by atoms with Gasteiger partial charge in [-0.05, 0) is 54.3 Å². The van der Waals surface area contributed by atoms with Gasteiger partial charge in [0, 0.05) is 36.8 Å². The van der Waals surface area contributed by atoms with Gasteiger partial charge in [-0.2, -0.15) is 5.10 Å². The summed E-state index contributed by atoms with van der Waals surface area (Å²) in [4.78, 5) is 28.9. The number of carbonyl (C=O) groups excluding carboxylic acids is 1. The molecule has 0 radical (unpaired) electrons. The van der Waals surface area contributed by atoms with Gasteiger partial charge in [-0.25, -0.2) is 13.9 Å². The Kier molecular flexibility index (Phi) is 5.85. The van der Waals surface area contributed by atoms with E-state index < -0.39 is 17.7 Å². The molecular formula is C24H22ClFN4O4. The number of aromatic nitrogens is 2. The third kappa shape index (κ3) is 3.85. The van der Waals surface area contributed by atoms with Gasteiger partial charge in [-0.15, -0.1) is 0 Å². The maximum absolute atomic E-state index is 15.2. The van der Waals surface area contributed by atoms with Crippen molar-refractivity contribution in [1.82, 2.24) is 14.7 Å². The molecule has 176 valence electrons. The van der Waals surface area contributed by atoms with Crippen molar-refractivity contribution in [2.24, 2.45) is 0 Å². The molecule has 5 rings (SSSR count). The van der Waals surface area contributed by atoms with Crippen LogP contribution in [0.3, 0.4) is 0 Å². The van der Waals surface area contributed by atoms with E-state index in [4.69, 9.17) is 11.6 Å². The maximum Gasteiger partial charge on any atom is 0.356 e. The minimum absolute atomic E-state index is 0.0379. The second kappa shape index (κ2) is 8.83. The number of carboxylic acids is 1. The number of rotatable bonds is 5. The second-order valence-corrected chi connectivity index (χ2v) is 8.84. The molecule has 8 nitrogen and oxygen atoms in total. The number of aliphatic hydroxyl groups is 1. The number of fused-ring (bicyclic) bond motifs is 2. The van der Waals surface area contributed by atoms with E-state index in [0.29, 0.717) is 35.8 Å². The fraction of sp³-hybridized carbons (Fsp3) is 0.292. The zero-order valence-electron chi connectivity index (χ0n) is 18.2. The van der Waals surface area contributed by atoms with Crippen LogP contribution in [0.1, 0.15) is 37.7 Å². The highest BCUT2D eigenvalue weighted by Crippen LogP contribution is 2.33. The lowest BCUT2D eigenvalue weighted by Gasteiger charge is -2.32. The van der Waals surface area contributed by atoms with Gasteiger partial charge in [0.15, 0.2) is 5.69 Å². The van der Waals surface area contributed by atoms with Crippen LogP contribution in [0, 0.1) is 5.82 Å². The molecular weight excluding hydrogens is 463 g/mol. The Labute approximate surface area is 199 Å². The number of amides is 1. The van der Waals surface area contributed by atoms with Gasteiger partial charge < -0.3 is 15.1 Å². The largest absolute Gasteiger partial charge is 0.476 e. The molecule has 2 N–H and O–H groups in total. The first-order valence-electron chi connectivity index (χ1n) is 10.9. The van der Waals surface area contributed by atoms with Crippen LogP contribution >= 0.6 is 11.6 Å². The number of nitrogens with zero attached hydrogens (tertiary/aromatic N) is 4. The molecule has 2 aliphatic rings. The number of carboxylic acid groups (broad SMARTS) is 1. The summed E-state index contributed by atoms with van der Waals surface area (Å²) < 4.78 is 16.5. The number of β-amino-alcohol motifs (C(OH)–C–C–N with tert-alkyl or cyclic N) is 1. The number of hydrogen-bond acceptors (Lipinski definition) is 5. The summed E-state index contributed by atoms with van der Waals surface area (Å²) in [7, 11) is 0. The third-order valence-corrected chi connectivity index (χ3v) is 6.57. The van der Waals surface area contributed by atoms with Gasteiger partial charge in [0.1, 0.15) is 11.5 Å². The number of carbonyl (C=O) groups is 2. The summed E-state index contributed by atoms with van der Waals surface area (Å²) in [6.07, 6.45) is 0.880. The first-order valence-corrected chi connectivity index (χ1v) is 11.3. The average molecular weight is 485 g/mol. The van der Waals surface area contributed by atoms with Crippen molar-refractivity contribution < 1.29 is 24.2 Å². The van der Waals surface area contributed by atoms with Crippen LogP contribution in [0.4, 0.5) is 10.1 Å². The fourth-order valence-electron chi connectivity index (χ4n) is 4.72. The van der Waals surface area contributed by atoms with Crippen LogP contribution < -0.4 is 4.90 Å². The van der Waals surface area contributed by atoms with Crippen molar-refractivity contribution in [3.63, 3.8) is 0 Å². The van der Waals surface area contributed by atoms with Crippen LogP contribution in [-0.4, -0.2) is 63.0 Å². The van der Waals surface area contributed by atoms with Gasteiger partial charge >= 0.3 is 5.97 Å². The highest BCUT2D eigenvalue weighted by molar-refractivity contribution is 6.30. The first-order chi connectivity index (χ1) is 16.4. The molecule has 10 heteroatoms. The minimum atomic E-state index is -1.23. The lowest BCUT2D eigenvalue weighted by Crippen LogP contribution is -2.40. The number of benzene rings is 2. The molecule has 2 aliphatic heterocycles. The highest BCUT2D eigenvalue weighted by atomic mass is 35.5. The van der Waals surface area contributed by atoms with Crippen molar-refractivity contribution in [2.75, 3.05) is 31.1 Å². The Morgan fingerprint density at radius 1 is 1.15 bits per heavy atom. The topological polar surface area (TPSA) is 98.9 Å². The smallest absolute Gasteiger partial charge is 0.356 e. The molecule has 0 saturated heterocycles. The van der Waals surface area contributed by atoms with E-state index in [1.807, 2.05) is 0 Å². The SMILES string of the molecule is O=C(O)c1nn(-c2cccc(Cl)c2)c2c1CCN(c1cc3c(cc1F)CCN(CCO)C3)C2=O. The molecule has 0 unspecified atom stereocenters. The summed E-state index contributed by atoms with van der Waals surface area (Å²) in [5.41, 5.74) is 2.59. The summed E-state index contributed by atoms with van der Waals surface area (Å²) in [5, 5.41) is 23.5. The average Bonchev–Trinajstić information content (AvgIpc) is 3.21. The lowest BCUT2D eigenvalue weighted by atomic mass is 9.97. The minimum Gasteiger partial charge on any atom is -0.476 e. The van der Waals surface area contributed by atoms with Crippen LogP contribution in [0.15, 0.2) is 36.4 Å². The number of aliphatic hydroxyl groups excluding tert-OH is 1. The molecule has 3 heterocycles. The van der Waals surface area contributed by atoms with Crippen LogP contribution in [0.25, 0.3) is 5.69 Å². The van der Waals surface area contributed by atoms with E-state index in [1.54, 1.807) is 30.3 Å². The zero-order chi connectivity index (χ0) is 24.0. The van der Waals surface area contributed by atoms with Crippen LogP contribution in [0.2, 0.25) is 5.02 Å². The predicted octanol–water partition coefficient (Wildman–Crippen LogP) is 2.92. The Bertz CT molecular complexity index is 1310. The molecule has 0 saturated carbocycles. The predicted molar refractivity (Wildman–Crippen MR) is 123 cm³/mol. The number of hydrogen-bond donors (Lipinski definition) is 2. The number of anilines is 1. The first kappa shape index (κ1) is 22.5. The molecule has 1 aromatic heterocycles. The molecule has 2 aromatic carbocycles. The van der Waals surface area contributed by atoms with Gasteiger partial charge in [-0.3, -0.25) is 9.69 Å². The number of aromatic carboxylic acids is 1. The van der Waals surface area contributed by atoms with Crippen LogP contribution in [0.5, 0.6) is 0 Å². The van der Waals surface area contributed by atoms with Gasteiger partial charge in [0.25, 0.3) is 5.91 Å². The fourth-order valence-corrected chi connectivity index (χ4v) is 4.90. The third-order valence-electron chi connectivity index (χ3n) is 6.34. The van der Waals surface area contributed by atoms with Gasteiger partial charge in [0.2, 0.25) is 0 Å². The van der Waals surface area contributed by atoms with E-state index in [9.17, 15) is 19.8 Å². The highest BCUT2D eigenvalue weighted by Gasteiger charge is 2.36. The quantitative estimate of drug-likeness (QED) is 0.578. The van der Waals surface area contributed by atoms with E-state index in [0.717, 1.165) is 17.7 Å². The van der Waals surface area contributed by atoms with Crippen molar-refractivity contribution in [3.05, 3.63) is 75.3 Å². The van der Waals surface area contributed by atoms with Gasteiger partial charge in [-0.1, -0.05) is 17.7 Å². The summed E-state index contributed by atoms with van der Waals surface area (Å²) >= 11 is 6.11. The second-order valence-electron chi connectivity index (χ2n) is 8.40. The number of halogens is 2. The van der Waals surface area contributed by atoms with Crippen molar-refractivity contribution in [3.8, 4) is 5.69 Å². The maximum atomic E-state index is 15.2. The van der Waals surface area contributed by atoms with E-state index >= 15 is 4.39 Å². The molecule has 0 aliphatic carbocycles. The standard InChI is InChI=1S/C24H22ClFN4O4/c25-16-2-1-3-17(12-16)30-22-18(21(27-30)24(33)34)5-7-29(23(22)32)20-11-15-13-28(8-9-31)6-4-14(15)10-19(20)26/h1-3,10-12,31H,4-9,13H2,(H,33,34). The Morgan fingerprint density at radius 2 is 1.97 bits per heavy atom. The molecule has 3 aromatic rings. The lowest BCUT2D eigenvalue weighted by molar-refractivity contribution is 0.0688. The molecule has 0 fully saturated rings. The molecule has 1 amide bonds. The molecule has 0 spiro atoms. The van der Waals surface area contributed by atoms with E-state index in [1.165, 1.54) is 15.6 Å². The van der Waals surface area contributed by atoms with E-state index in [2.05, 4.69) is 10.00 Å². The van der Waals surface area contributed by atoms with E-state index in [-0.39, 0.29) is 36.6 Å². The summed E-state index contributed by atoms with van der Waals surface area (Å²) in [5.74, 6) is -2.26. The summed E-state index contributed by atoms with van der Waals surface area (Å²) in [6, 6.07) is 9.76. The summed E-state index contributed by atoms with van der Waals surface area (Å²) in [6.45, 7) is 1.98. The monoisotopic (exact) mass is 484 g/mol. The zero-order valence-corrected chi connectivity index (χ0v) is 18.9. The van der Waals surface area contributed by atoms with Crippen molar-refractivity contribution in [1.29, 1.82) is 0 Å². The molecule has 34 heavy (non-hydrogen) atoms. The van der Waals surface area contributed by atoms with Crippen molar-refractivity contribution in [2.45, 2.75) is 19.4 Å². The normalized spacial score (nSPS) is 15.9. The Morgan fingerprint density at radius 3 is 2.71 bits per heavy atom. The Hall–Kier alpha value is -3.27.